The highest BCUT2D eigenvalue weighted by Crippen LogP contribution is 2.55. The smallest absolute Gasteiger partial charge is 0.0699 e. The van der Waals surface area contributed by atoms with Crippen LogP contribution in [0.2, 0.25) is 0 Å². The maximum atomic E-state index is 2.46. The van der Waals surface area contributed by atoms with Crippen molar-refractivity contribution in [3.05, 3.63) is 243 Å². The third-order valence-electron chi connectivity index (χ3n) is 14.8. The van der Waals surface area contributed by atoms with Crippen LogP contribution in [0.3, 0.4) is 0 Å². The van der Waals surface area contributed by atoms with Crippen LogP contribution in [0.4, 0.5) is 56.9 Å². The van der Waals surface area contributed by atoms with Crippen LogP contribution in [0.15, 0.2) is 243 Å². The lowest BCUT2D eigenvalue weighted by Gasteiger charge is -2.39. The predicted molar refractivity (Wildman–Crippen MR) is 298 cm³/mol. The summed E-state index contributed by atoms with van der Waals surface area (Å²) in [6, 6.07) is 89.8. The van der Waals surface area contributed by atoms with E-state index in [0.29, 0.717) is 0 Å². The number of fused-ring (bicyclic) bond motifs is 8. The maximum absolute atomic E-state index is 2.46. The molecule has 12 aromatic carbocycles. The summed E-state index contributed by atoms with van der Waals surface area (Å²) in [6.07, 6.45) is 0. The highest BCUT2D eigenvalue weighted by atomic mass is 15.3. The Morgan fingerprint density at radius 3 is 1.03 bits per heavy atom. The van der Waals surface area contributed by atoms with Crippen molar-refractivity contribution in [3.8, 4) is 33.4 Å². The molecule has 0 aromatic heterocycles. The lowest BCUT2D eigenvalue weighted by atomic mass is 9.84. The van der Waals surface area contributed by atoms with E-state index in [1.165, 1.54) is 99.2 Å². The largest absolute Gasteiger partial charge is 0.341 e. The number of nitrogens with zero attached hydrogens (tertiary/aromatic N) is 4. The van der Waals surface area contributed by atoms with E-state index >= 15 is 0 Å². The first-order chi connectivity index (χ1) is 34.6. The molecule has 0 spiro atoms. The van der Waals surface area contributed by atoms with Crippen molar-refractivity contribution in [3.63, 3.8) is 0 Å². The second kappa shape index (κ2) is 15.7. The summed E-state index contributed by atoms with van der Waals surface area (Å²) in [4.78, 5) is 9.52. The van der Waals surface area contributed by atoms with E-state index in [2.05, 4.69) is 276 Å². The van der Waals surface area contributed by atoms with Crippen molar-refractivity contribution >= 4 is 100.0 Å². The standard InChI is InChI=1S/C66H46N4/c1-67-57-22-7-11-26-61(57)69(62-27-12-8-23-58(62)67)51-35-37-54-55(41-51)65(49-21-15-20-47(40-49)48-32-30-43-16-3-5-18-45(43)38-48)53-36-34-52(42-56(53)66(54)50-33-31-44-17-4-6-19-46(44)39-50)70-63-28-13-9-24-59(63)68(2)60-25-10-14-29-64(60)70/h3-42H,1-2H3. The number of rotatable bonds is 5. The van der Waals surface area contributed by atoms with Gasteiger partial charge in [-0.05, 0) is 167 Å². The molecule has 330 valence electrons. The summed E-state index contributed by atoms with van der Waals surface area (Å²) in [6.45, 7) is 0. The molecule has 0 radical (unpaired) electrons. The van der Waals surface area contributed by atoms with Crippen molar-refractivity contribution < 1.29 is 0 Å². The van der Waals surface area contributed by atoms with Crippen LogP contribution in [0, 0.1) is 0 Å². The molecule has 0 fully saturated rings. The Labute approximate surface area is 407 Å². The van der Waals surface area contributed by atoms with Gasteiger partial charge in [-0.2, -0.15) is 0 Å². The van der Waals surface area contributed by atoms with E-state index in [4.69, 9.17) is 0 Å². The summed E-state index contributed by atoms with van der Waals surface area (Å²) >= 11 is 0. The quantitative estimate of drug-likeness (QED) is 0.160. The molecule has 0 atom stereocenters. The predicted octanol–water partition coefficient (Wildman–Crippen LogP) is 18.4. The van der Waals surface area contributed by atoms with Crippen LogP contribution in [0.5, 0.6) is 0 Å². The van der Waals surface area contributed by atoms with E-state index in [1.54, 1.807) is 0 Å². The molecule has 0 N–H and O–H groups in total. The molecular weight excluding hydrogens is 849 g/mol. The van der Waals surface area contributed by atoms with Crippen molar-refractivity contribution in [1.82, 2.24) is 0 Å². The molecule has 0 saturated carbocycles. The molecule has 0 amide bonds. The summed E-state index contributed by atoms with van der Waals surface area (Å²) in [5.74, 6) is 0. The molecule has 2 aliphatic heterocycles. The second-order valence-electron chi connectivity index (χ2n) is 18.7. The van der Waals surface area contributed by atoms with Crippen molar-refractivity contribution in [2.45, 2.75) is 0 Å². The fraction of sp³-hybridized carbons (Fsp3) is 0.0303. The van der Waals surface area contributed by atoms with Gasteiger partial charge in [0.25, 0.3) is 0 Å². The molecule has 12 aromatic rings. The van der Waals surface area contributed by atoms with Crippen molar-refractivity contribution in [1.29, 1.82) is 0 Å². The van der Waals surface area contributed by atoms with Crippen molar-refractivity contribution in [2.75, 3.05) is 33.7 Å². The topological polar surface area (TPSA) is 13.0 Å². The van der Waals surface area contributed by atoms with Gasteiger partial charge in [0.15, 0.2) is 0 Å². The highest BCUT2D eigenvalue weighted by molar-refractivity contribution is 6.23. The number of benzene rings is 12. The molecule has 0 aliphatic carbocycles. The first-order valence-corrected chi connectivity index (χ1v) is 24.1. The monoisotopic (exact) mass is 894 g/mol. The summed E-state index contributed by atoms with van der Waals surface area (Å²) < 4.78 is 0. The van der Waals surface area contributed by atoms with E-state index in [9.17, 15) is 0 Å². The Morgan fingerprint density at radius 2 is 0.571 bits per heavy atom. The molecule has 2 heterocycles. The van der Waals surface area contributed by atoms with E-state index in [1.807, 2.05) is 0 Å². The first-order valence-electron chi connectivity index (χ1n) is 24.1. The minimum Gasteiger partial charge on any atom is -0.341 e. The molecule has 4 heteroatoms. The van der Waals surface area contributed by atoms with Gasteiger partial charge in [0, 0.05) is 25.5 Å². The van der Waals surface area contributed by atoms with Crippen LogP contribution in [0.25, 0.3) is 76.5 Å². The fourth-order valence-electron chi connectivity index (χ4n) is 11.5. The zero-order valence-corrected chi connectivity index (χ0v) is 38.9. The minimum absolute atomic E-state index is 1.11. The first kappa shape index (κ1) is 40.0. The number of hydrogen-bond donors (Lipinski definition) is 0. The molecular formula is C66H46N4. The van der Waals surface area contributed by atoms with Crippen molar-refractivity contribution in [2.24, 2.45) is 0 Å². The van der Waals surface area contributed by atoms with Gasteiger partial charge < -0.3 is 19.6 Å². The Kier molecular flexibility index (Phi) is 8.99. The molecule has 14 rings (SSSR count). The number of hydrogen-bond acceptors (Lipinski definition) is 4. The van der Waals surface area contributed by atoms with Gasteiger partial charge in [-0.15, -0.1) is 0 Å². The fourth-order valence-corrected chi connectivity index (χ4v) is 11.5. The van der Waals surface area contributed by atoms with Crippen LogP contribution >= 0.6 is 0 Å². The normalized spacial score (nSPS) is 12.9. The lowest BCUT2D eigenvalue weighted by molar-refractivity contribution is 1.13. The number of para-hydroxylation sites is 8. The Hall–Kier alpha value is -9.12. The van der Waals surface area contributed by atoms with E-state index in [-0.39, 0.29) is 0 Å². The maximum Gasteiger partial charge on any atom is 0.0699 e. The average molecular weight is 895 g/mol. The Bertz CT molecular complexity index is 4000. The summed E-state index contributed by atoms with van der Waals surface area (Å²) in [7, 11) is 4.34. The van der Waals surface area contributed by atoms with E-state index in [0.717, 1.165) is 34.1 Å². The molecule has 0 bridgehead atoms. The molecule has 4 nitrogen and oxygen atoms in total. The molecule has 2 aliphatic rings. The summed E-state index contributed by atoms with van der Waals surface area (Å²) in [5.41, 5.74) is 18.6. The van der Waals surface area contributed by atoms with Gasteiger partial charge in [0.2, 0.25) is 0 Å². The number of anilines is 10. The average Bonchev–Trinajstić information content (AvgIpc) is 3.42. The lowest BCUT2D eigenvalue weighted by Crippen LogP contribution is -2.24. The zero-order valence-electron chi connectivity index (χ0n) is 38.9. The molecule has 0 unspecified atom stereocenters. The van der Waals surface area contributed by atoms with Gasteiger partial charge >= 0.3 is 0 Å². The van der Waals surface area contributed by atoms with Crippen LogP contribution < -0.4 is 19.6 Å². The van der Waals surface area contributed by atoms with Crippen LogP contribution in [-0.2, 0) is 0 Å². The molecule has 70 heavy (non-hydrogen) atoms. The van der Waals surface area contributed by atoms with Gasteiger partial charge in [-0.1, -0.05) is 152 Å². The van der Waals surface area contributed by atoms with Gasteiger partial charge in [-0.3, -0.25) is 0 Å². The SMILES string of the molecule is CN1c2ccccc2N(c2ccc3c(-c4ccc5ccccc5c4)c4cc(N5c6ccccc6N(C)c6ccccc65)ccc4c(-c4cccc(-c5ccc6ccccc6c5)c4)c3c2)c2ccccc21. The third kappa shape index (κ3) is 6.16. The van der Waals surface area contributed by atoms with E-state index < -0.39 is 0 Å². The van der Waals surface area contributed by atoms with Gasteiger partial charge in [-0.25, -0.2) is 0 Å². The zero-order chi connectivity index (χ0) is 46.5. The summed E-state index contributed by atoms with van der Waals surface area (Å²) in [5, 5.41) is 9.70. The Morgan fingerprint density at radius 1 is 0.229 bits per heavy atom. The molecule has 0 saturated heterocycles. The highest BCUT2D eigenvalue weighted by Gasteiger charge is 2.30. The third-order valence-corrected chi connectivity index (χ3v) is 14.8. The second-order valence-corrected chi connectivity index (χ2v) is 18.7. The van der Waals surface area contributed by atoms with Gasteiger partial charge in [0.05, 0.1) is 45.5 Å². The van der Waals surface area contributed by atoms with Crippen LogP contribution in [-0.4, -0.2) is 14.1 Å². The Balaban J connectivity index is 1.09. The van der Waals surface area contributed by atoms with Gasteiger partial charge in [0.1, 0.15) is 0 Å². The van der Waals surface area contributed by atoms with Crippen LogP contribution in [0.1, 0.15) is 0 Å². The minimum atomic E-state index is 1.11.